The highest BCUT2D eigenvalue weighted by Crippen LogP contribution is 2.10. The molecule has 0 saturated carbocycles. The number of carbonyl (C=O) groups is 1. The molecule has 0 bridgehead atoms. The summed E-state index contributed by atoms with van der Waals surface area (Å²) < 4.78 is 5.10. The number of hydrogen-bond acceptors (Lipinski definition) is 5. The standard InChI is InChI=1S/C15H20N4O2/c1-10(2)15-18-14(21-19-15)8-7-13(20)16-9-12-6-4-5-11(3)17-12/h4-6,10H,7-9H2,1-3H3,(H,16,20). The van der Waals surface area contributed by atoms with Crippen molar-refractivity contribution < 1.29 is 9.32 Å². The van der Waals surface area contributed by atoms with Crippen LogP contribution in [0.3, 0.4) is 0 Å². The van der Waals surface area contributed by atoms with Gasteiger partial charge in [0, 0.05) is 24.5 Å². The second-order valence-electron chi connectivity index (χ2n) is 5.25. The number of nitrogens with zero attached hydrogens (tertiary/aromatic N) is 3. The quantitative estimate of drug-likeness (QED) is 0.880. The molecule has 0 radical (unpaired) electrons. The number of pyridine rings is 1. The normalized spacial score (nSPS) is 10.9. The van der Waals surface area contributed by atoms with Gasteiger partial charge in [0.25, 0.3) is 0 Å². The molecule has 1 N–H and O–H groups in total. The van der Waals surface area contributed by atoms with Gasteiger partial charge in [0.15, 0.2) is 5.82 Å². The average molecular weight is 288 g/mol. The van der Waals surface area contributed by atoms with E-state index in [1.807, 2.05) is 39.0 Å². The second kappa shape index (κ2) is 6.97. The molecule has 0 unspecified atom stereocenters. The lowest BCUT2D eigenvalue weighted by molar-refractivity contribution is -0.121. The van der Waals surface area contributed by atoms with Crippen LogP contribution >= 0.6 is 0 Å². The van der Waals surface area contributed by atoms with Gasteiger partial charge in [-0.2, -0.15) is 4.98 Å². The van der Waals surface area contributed by atoms with Crippen LogP contribution in [0, 0.1) is 6.92 Å². The van der Waals surface area contributed by atoms with E-state index in [2.05, 4.69) is 20.4 Å². The molecule has 2 aromatic heterocycles. The van der Waals surface area contributed by atoms with E-state index in [0.717, 1.165) is 11.4 Å². The first kappa shape index (κ1) is 15.2. The minimum atomic E-state index is -0.0531. The van der Waals surface area contributed by atoms with Gasteiger partial charge in [-0.15, -0.1) is 0 Å². The van der Waals surface area contributed by atoms with Gasteiger partial charge < -0.3 is 9.84 Å². The smallest absolute Gasteiger partial charge is 0.227 e. The van der Waals surface area contributed by atoms with Crippen LogP contribution in [-0.4, -0.2) is 21.0 Å². The average Bonchev–Trinajstić information content (AvgIpc) is 2.92. The fourth-order valence-corrected chi connectivity index (χ4v) is 1.80. The van der Waals surface area contributed by atoms with Gasteiger partial charge in [0.1, 0.15) is 0 Å². The summed E-state index contributed by atoms with van der Waals surface area (Å²) in [5, 5.41) is 6.70. The van der Waals surface area contributed by atoms with E-state index >= 15 is 0 Å². The van der Waals surface area contributed by atoms with Gasteiger partial charge in [-0.3, -0.25) is 9.78 Å². The third-order valence-corrected chi connectivity index (χ3v) is 2.98. The number of nitrogens with one attached hydrogen (secondary N) is 1. The Bertz CT molecular complexity index is 607. The molecular weight excluding hydrogens is 268 g/mol. The molecule has 21 heavy (non-hydrogen) atoms. The maximum Gasteiger partial charge on any atom is 0.227 e. The summed E-state index contributed by atoms with van der Waals surface area (Å²) in [5.74, 6) is 1.35. The van der Waals surface area contributed by atoms with Gasteiger partial charge in [0.2, 0.25) is 11.8 Å². The first-order valence-electron chi connectivity index (χ1n) is 7.06. The van der Waals surface area contributed by atoms with Gasteiger partial charge in [-0.1, -0.05) is 25.1 Å². The number of rotatable bonds is 6. The molecular formula is C15H20N4O2. The van der Waals surface area contributed by atoms with E-state index in [4.69, 9.17) is 4.52 Å². The summed E-state index contributed by atoms with van der Waals surface area (Å²) in [6, 6.07) is 5.74. The van der Waals surface area contributed by atoms with Crippen LogP contribution in [0.1, 0.15) is 49.3 Å². The van der Waals surface area contributed by atoms with Crippen molar-refractivity contribution in [1.29, 1.82) is 0 Å². The Morgan fingerprint density at radius 3 is 2.81 bits per heavy atom. The molecule has 112 valence electrons. The lowest BCUT2D eigenvalue weighted by atomic mass is 10.2. The summed E-state index contributed by atoms with van der Waals surface area (Å²) in [7, 11) is 0. The van der Waals surface area contributed by atoms with Gasteiger partial charge >= 0.3 is 0 Å². The molecule has 0 aliphatic rings. The maximum atomic E-state index is 11.8. The number of hydrogen-bond donors (Lipinski definition) is 1. The Kier molecular flexibility index (Phi) is 5.03. The Labute approximate surface area is 124 Å². The predicted octanol–water partition coefficient (Wildman–Crippen LogP) is 2.15. The second-order valence-corrected chi connectivity index (χ2v) is 5.25. The molecule has 2 rings (SSSR count). The van der Waals surface area contributed by atoms with Crippen molar-refractivity contribution in [2.24, 2.45) is 0 Å². The third kappa shape index (κ3) is 4.66. The highest BCUT2D eigenvalue weighted by atomic mass is 16.5. The van der Waals surface area contributed by atoms with E-state index in [-0.39, 0.29) is 11.8 Å². The Balaban J connectivity index is 1.76. The minimum absolute atomic E-state index is 0.0531. The van der Waals surface area contributed by atoms with Crippen molar-refractivity contribution in [2.75, 3.05) is 0 Å². The molecule has 6 nitrogen and oxygen atoms in total. The van der Waals surface area contributed by atoms with E-state index < -0.39 is 0 Å². The monoisotopic (exact) mass is 288 g/mol. The molecule has 2 aromatic rings. The Morgan fingerprint density at radius 1 is 1.33 bits per heavy atom. The van der Waals surface area contributed by atoms with Crippen molar-refractivity contribution in [3.8, 4) is 0 Å². The molecule has 0 atom stereocenters. The van der Waals surface area contributed by atoms with Crippen molar-refractivity contribution in [3.63, 3.8) is 0 Å². The van der Waals surface area contributed by atoms with Crippen molar-refractivity contribution >= 4 is 5.91 Å². The number of aryl methyl sites for hydroxylation is 2. The van der Waals surface area contributed by atoms with Crippen LogP contribution in [0.5, 0.6) is 0 Å². The Hall–Kier alpha value is -2.24. The van der Waals surface area contributed by atoms with Gasteiger partial charge in [-0.05, 0) is 19.1 Å². The molecule has 0 fully saturated rings. The summed E-state index contributed by atoms with van der Waals surface area (Å²) in [4.78, 5) is 20.4. The van der Waals surface area contributed by atoms with E-state index in [0.29, 0.717) is 31.1 Å². The van der Waals surface area contributed by atoms with Gasteiger partial charge in [-0.25, -0.2) is 0 Å². The van der Waals surface area contributed by atoms with Crippen LogP contribution in [0.2, 0.25) is 0 Å². The molecule has 1 amide bonds. The van der Waals surface area contributed by atoms with Crippen molar-refractivity contribution in [1.82, 2.24) is 20.4 Å². The first-order chi connectivity index (χ1) is 10.0. The highest BCUT2D eigenvalue weighted by molar-refractivity contribution is 5.75. The van der Waals surface area contributed by atoms with Crippen molar-refractivity contribution in [2.45, 2.75) is 46.1 Å². The molecule has 0 aliphatic carbocycles. The molecule has 2 heterocycles. The fraction of sp³-hybridized carbons (Fsp3) is 0.467. The summed E-state index contributed by atoms with van der Waals surface area (Å²) in [5.41, 5.74) is 1.79. The zero-order valence-electron chi connectivity index (χ0n) is 12.6. The van der Waals surface area contributed by atoms with Gasteiger partial charge in [0.05, 0.1) is 12.2 Å². The van der Waals surface area contributed by atoms with Crippen LogP contribution in [0.25, 0.3) is 0 Å². The zero-order valence-corrected chi connectivity index (χ0v) is 12.6. The molecule has 6 heteroatoms. The first-order valence-corrected chi connectivity index (χ1v) is 7.06. The minimum Gasteiger partial charge on any atom is -0.350 e. The summed E-state index contributed by atoms with van der Waals surface area (Å²) in [6.07, 6.45) is 0.776. The topological polar surface area (TPSA) is 80.9 Å². The Morgan fingerprint density at radius 2 is 2.14 bits per heavy atom. The lowest BCUT2D eigenvalue weighted by Gasteiger charge is -2.04. The maximum absolute atomic E-state index is 11.8. The molecule has 0 aliphatic heterocycles. The predicted molar refractivity (Wildman–Crippen MR) is 77.5 cm³/mol. The fourth-order valence-electron chi connectivity index (χ4n) is 1.80. The number of carbonyl (C=O) groups excluding carboxylic acids is 1. The largest absolute Gasteiger partial charge is 0.350 e. The lowest BCUT2D eigenvalue weighted by Crippen LogP contribution is -2.23. The van der Waals surface area contributed by atoms with Crippen LogP contribution in [0.15, 0.2) is 22.7 Å². The highest BCUT2D eigenvalue weighted by Gasteiger charge is 2.11. The van der Waals surface area contributed by atoms with Crippen LogP contribution in [0.4, 0.5) is 0 Å². The van der Waals surface area contributed by atoms with E-state index in [9.17, 15) is 4.79 Å². The van der Waals surface area contributed by atoms with E-state index in [1.165, 1.54) is 0 Å². The summed E-state index contributed by atoms with van der Waals surface area (Å²) >= 11 is 0. The molecule has 0 spiro atoms. The summed E-state index contributed by atoms with van der Waals surface area (Å²) in [6.45, 7) is 6.35. The molecule has 0 saturated heterocycles. The SMILES string of the molecule is Cc1cccc(CNC(=O)CCc2nc(C(C)C)no2)n1. The zero-order chi connectivity index (χ0) is 15.2. The van der Waals surface area contributed by atoms with Crippen LogP contribution < -0.4 is 5.32 Å². The van der Waals surface area contributed by atoms with Crippen LogP contribution in [-0.2, 0) is 17.8 Å². The number of amides is 1. The van der Waals surface area contributed by atoms with Crippen molar-refractivity contribution in [3.05, 3.63) is 41.3 Å². The van der Waals surface area contributed by atoms with E-state index in [1.54, 1.807) is 0 Å². The molecule has 0 aromatic carbocycles. The number of aromatic nitrogens is 3. The third-order valence-electron chi connectivity index (χ3n) is 2.98.